The summed E-state index contributed by atoms with van der Waals surface area (Å²) < 4.78 is 11.7. The highest BCUT2D eigenvalue weighted by molar-refractivity contribution is 9.10. The van der Waals surface area contributed by atoms with Crippen LogP contribution in [0.15, 0.2) is 10.5 Å². The van der Waals surface area contributed by atoms with Crippen LogP contribution in [0.1, 0.15) is 18.4 Å². The molecule has 1 aromatic carbocycles. The first-order valence-electron chi connectivity index (χ1n) is 6.47. The van der Waals surface area contributed by atoms with Crippen LogP contribution < -0.4 is 14.8 Å². The summed E-state index contributed by atoms with van der Waals surface area (Å²) in [5.74, 6) is 2.12. The number of rotatable bonds is 4. The van der Waals surface area contributed by atoms with Crippen molar-refractivity contribution in [1.29, 1.82) is 0 Å². The van der Waals surface area contributed by atoms with E-state index in [9.17, 15) is 0 Å². The lowest BCUT2D eigenvalue weighted by atomic mass is 9.90. The quantitative estimate of drug-likeness (QED) is 0.900. The monoisotopic (exact) mass is 347 g/mol. The number of methoxy groups -OCH3 is 2. The van der Waals surface area contributed by atoms with E-state index in [0.717, 1.165) is 46.1 Å². The van der Waals surface area contributed by atoms with Crippen molar-refractivity contribution in [2.24, 2.45) is 5.92 Å². The Bertz CT molecular complexity index is 448. The number of halogens is 2. The Hall–Kier alpha value is -0.450. The van der Waals surface area contributed by atoms with Crippen LogP contribution in [0.4, 0.5) is 0 Å². The van der Waals surface area contributed by atoms with Crippen LogP contribution >= 0.6 is 27.5 Å². The first-order valence-corrected chi connectivity index (χ1v) is 7.64. The van der Waals surface area contributed by atoms with Gasteiger partial charge in [0, 0.05) is 10.6 Å². The van der Waals surface area contributed by atoms with E-state index in [-0.39, 0.29) is 0 Å². The highest BCUT2D eigenvalue weighted by Gasteiger charge is 2.22. The van der Waals surface area contributed by atoms with Crippen LogP contribution in [0.3, 0.4) is 0 Å². The van der Waals surface area contributed by atoms with Gasteiger partial charge in [0.25, 0.3) is 0 Å². The van der Waals surface area contributed by atoms with Crippen LogP contribution in [-0.2, 0) is 6.42 Å². The first kappa shape index (κ1) is 14.9. The van der Waals surface area contributed by atoms with Crippen molar-refractivity contribution >= 4 is 27.5 Å². The van der Waals surface area contributed by atoms with Crippen molar-refractivity contribution < 1.29 is 9.47 Å². The molecule has 0 spiro atoms. The summed E-state index contributed by atoms with van der Waals surface area (Å²) in [5, 5.41) is 4.12. The van der Waals surface area contributed by atoms with Gasteiger partial charge in [-0.15, -0.1) is 0 Å². The van der Waals surface area contributed by atoms with E-state index in [1.165, 1.54) is 12.8 Å². The van der Waals surface area contributed by atoms with E-state index < -0.39 is 0 Å². The first-order chi connectivity index (χ1) is 9.17. The lowest BCUT2D eigenvalue weighted by Crippen LogP contribution is -2.28. The summed E-state index contributed by atoms with van der Waals surface area (Å²) in [6, 6.07) is 1.89. The number of hydrogen-bond acceptors (Lipinski definition) is 3. The zero-order valence-corrected chi connectivity index (χ0v) is 13.6. The van der Waals surface area contributed by atoms with Crippen molar-refractivity contribution in [2.75, 3.05) is 27.3 Å². The van der Waals surface area contributed by atoms with E-state index >= 15 is 0 Å². The smallest absolute Gasteiger partial charge is 0.175 e. The summed E-state index contributed by atoms with van der Waals surface area (Å²) in [6.45, 7) is 2.16. The number of nitrogens with one attached hydrogen (secondary N) is 1. The molecular formula is C14H19BrClNO2. The van der Waals surface area contributed by atoms with Crippen molar-refractivity contribution in [2.45, 2.75) is 19.3 Å². The Morgan fingerprint density at radius 1 is 1.26 bits per heavy atom. The van der Waals surface area contributed by atoms with Gasteiger partial charge in [0.1, 0.15) is 0 Å². The standard InChI is InChI=1S/C14H19BrClNO2/c1-18-13-10(7-9-3-5-17-6-4-9)12(16)8-11(15)14(13)19-2/h8-9,17H,3-7H2,1-2H3. The molecule has 0 saturated carbocycles. The molecule has 0 aromatic heterocycles. The minimum absolute atomic E-state index is 0.651. The van der Waals surface area contributed by atoms with Crippen LogP contribution in [-0.4, -0.2) is 27.3 Å². The third kappa shape index (κ3) is 3.36. The van der Waals surface area contributed by atoms with E-state index in [4.69, 9.17) is 21.1 Å². The summed E-state index contributed by atoms with van der Waals surface area (Å²) in [5.41, 5.74) is 1.05. The molecule has 1 saturated heterocycles. The van der Waals surface area contributed by atoms with Crippen molar-refractivity contribution in [3.63, 3.8) is 0 Å². The largest absolute Gasteiger partial charge is 0.492 e. The molecule has 1 aliphatic heterocycles. The molecule has 106 valence electrons. The average Bonchev–Trinajstić information content (AvgIpc) is 2.42. The summed E-state index contributed by atoms with van der Waals surface area (Å²) in [4.78, 5) is 0. The van der Waals surface area contributed by atoms with Gasteiger partial charge in [-0.1, -0.05) is 11.6 Å². The molecule has 0 atom stereocenters. The number of hydrogen-bond donors (Lipinski definition) is 1. The van der Waals surface area contributed by atoms with Gasteiger partial charge in [0.2, 0.25) is 0 Å². The molecule has 0 amide bonds. The second-order valence-corrected chi connectivity index (χ2v) is 6.04. The minimum Gasteiger partial charge on any atom is -0.492 e. The fourth-order valence-electron chi connectivity index (χ4n) is 2.59. The van der Waals surface area contributed by atoms with Gasteiger partial charge in [0.05, 0.1) is 18.7 Å². The van der Waals surface area contributed by atoms with Gasteiger partial charge in [-0.2, -0.15) is 0 Å². The maximum Gasteiger partial charge on any atom is 0.175 e. The normalized spacial score (nSPS) is 16.4. The average molecular weight is 349 g/mol. The van der Waals surface area contributed by atoms with Crippen molar-refractivity contribution in [3.05, 3.63) is 21.1 Å². The van der Waals surface area contributed by atoms with E-state index in [1.54, 1.807) is 14.2 Å². The van der Waals surface area contributed by atoms with Crippen LogP contribution in [0.2, 0.25) is 5.02 Å². The molecule has 0 bridgehead atoms. The molecule has 5 heteroatoms. The molecule has 0 radical (unpaired) electrons. The Morgan fingerprint density at radius 3 is 2.47 bits per heavy atom. The predicted molar refractivity (Wildman–Crippen MR) is 81.6 cm³/mol. The van der Waals surface area contributed by atoms with Gasteiger partial charge in [0.15, 0.2) is 11.5 Å². The Labute approximate surface area is 127 Å². The minimum atomic E-state index is 0.651. The molecule has 19 heavy (non-hydrogen) atoms. The van der Waals surface area contributed by atoms with E-state index in [1.807, 2.05) is 6.07 Å². The Balaban J connectivity index is 2.32. The predicted octanol–water partition coefficient (Wildman–Crippen LogP) is 3.66. The molecule has 1 N–H and O–H groups in total. The van der Waals surface area contributed by atoms with Gasteiger partial charge in [-0.05, 0) is 60.3 Å². The zero-order valence-electron chi connectivity index (χ0n) is 11.3. The summed E-state index contributed by atoms with van der Waals surface area (Å²) in [6.07, 6.45) is 3.29. The lowest BCUT2D eigenvalue weighted by Gasteiger charge is -2.24. The summed E-state index contributed by atoms with van der Waals surface area (Å²) in [7, 11) is 3.30. The molecule has 1 aliphatic rings. The maximum absolute atomic E-state index is 6.38. The van der Waals surface area contributed by atoms with E-state index in [2.05, 4.69) is 21.2 Å². The molecule has 1 aromatic rings. The third-order valence-corrected chi connectivity index (χ3v) is 4.53. The molecule has 0 aliphatic carbocycles. The highest BCUT2D eigenvalue weighted by atomic mass is 79.9. The van der Waals surface area contributed by atoms with Crippen LogP contribution in [0.25, 0.3) is 0 Å². The van der Waals surface area contributed by atoms with Gasteiger partial charge in [-0.25, -0.2) is 0 Å². The van der Waals surface area contributed by atoms with Crippen LogP contribution in [0, 0.1) is 5.92 Å². The van der Waals surface area contributed by atoms with Crippen molar-refractivity contribution in [3.8, 4) is 11.5 Å². The molecule has 1 fully saturated rings. The number of ether oxygens (including phenoxy) is 2. The van der Waals surface area contributed by atoms with Crippen molar-refractivity contribution in [1.82, 2.24) is 5.32 Å². The van der Waals surface area contributed by atoms with Gasteiger partial charge in [-0.3, -0.25) is 0 Å². The fraction of sp³-hybridized carbons (Fsp3) is 0.571. The van der Waals surface area contributed by atoms with Crippen LogP contribution in [0.5, 0.6) is 11.5 Å². The zero-order chi connectivity index (χ0) is 13.8. The second kappa shape index (κ2) is 6.82. The molecular weight excluding hydrogens is 330 g/mol. The Kier molecular flexibility index (Phi) is 5.37. The summed E-state index contributed by atoms with van der Waals surface area (Å²) >= 11 is 9.84. The maximum atomic E-state index is 6.38. The third-order valence-electron chi connectivity index (χ3n) is 3.60. The second-order valence-electron chi connectivity index (χ2n) is 4.78. The Morgan fingerprint density at radius 2 is 1.89 bits per heavy atom. The topological polar surface area (TPSA) is 30.5 Å². The number of piperidine rings is 1. The van der Waals surface area contributed by atoms with Gasteiger partial charge < -0.3 is 14.8 Å². The fourth-order valence-corrected chi connectivity index (χ4v) is 3.56. The SMILES string of the molecule is COc1c(Br)cc(Cl)c(CC2CCNCC2)c1OC. The molecule has 2 rings (SSSR count). The molecule has 3 nitrogen and oxygen atoms in total. The molecule has 1 heterocycles. The number of benzene rings is 1. The van der Waals surface area contributed by atoms with E-state index in [0.29, 0.717) is 5.92 Å². The molecule has 0 unspecified atom stereocenters. The highest BCUT2D eigenvalue weighted by Crippen LogP contribution is 2.43. The lowest BCUT2D eigenvalue weighted by molar-refractivity contribution is 0.338. The van der Waals surface area contributed by atoms with Gasteiger partial charge >= 0.3 is 0 Å².